The van der Waals surface area contributed by atoms with Crippen molar-refractivity contribution in [2.24, 2.45) is 0 Å². The minimum atomic E-state index is 0.340. The smallest absolute Gasteiger partial charge is 0.166 e. The van der Waals surface area contributed by atoms with Crippen molar-refractivity contribution in [2.75, 3.05) is 26.2 Å². The fourth-order valence-corrected chi connectivity index (χ4v) is 4.10. The number of nitrogens with one attached hydrogen (secondary N) is 2. The maximum Gasteiger partial charge on any atom is 0.166 e. The molecule has 1 unspecified atom stereocenters. The van der Waals surface area contributed by atoms with Gasteiger partial charge in [-0.3, -0.25) is 4.90 Å². The van der Waals surface area contributed by atoms with Crippen molar-refractivity contribution in [1.82, 2.24) is 15.5 Å². The lowest BCUT2D eigenvalue weighted by atomic mass is 10.1. The molecule has 0 bridgehead atoms. The molecule has 122 valence electrons. The average Bonchev–Trinajstić information content (AvgIpc) is 3.20. The Kier molecular flexibility index (Phi) is 6.06. The Balaban J connectivity index is 1.32. The minimum Gasteiger partial charge on any atom is -0.376 e. The van der Waals surface area contributed by atoms with Gasteiger partial charge >= 0.3 is 0 Å². The van der Waals surface area contributed by atoms with E-state index in [1.165, 1.54) is 11.3 Å². The highest BCUT2D eigenvalue weighted by Gasteiger charge is 2.20. The molecule has 0 aliphatic carbocycles. The van der Waals surface area contributed by atoms with Crippen molar-refractivity contribution in [3.8, 4) is 0 Å². The summed E-state index contributed by atoms with van der Waals surface area (Å²) in [5.41, 5.74) is 0. The van der Waals surface area contributed by atoms with E-state index in [0.29, 0.717) is 12.1 Å². The molecule has 4 nitrogen and oxygen atoms in total. The monoisotopic (exact) mass is 339 g/mol. The van der Waals surface area contributed by atoms with Crippen LogP contribution in [-0.4, -0.2) is 48.4 Å². The molecule has 22 heavy (non-hydrogen) atoms. The molecule has 1 aromatic rings. The Bertz CT molecular complexity index is 452. The molecule has 3 heterocycles. The third-order valence-electron chi connectivity index (χ3n) is 4.40. The molecule has 2 aliphatic rings. The minimum absolute atomic E-state index is 0.340. The molecule has 0 spiro atoms. The summed E-state index contributed by atoms with van der Waals surface area (Å²) in [5.74, 6) is 0. The van der Waals surface area contributed by atoms with E-state index in [0.717, 1.165) is 57.2 Å². The lowest BCUT2D eigenvalue weighted by Crippen LogP contribution is -2.48. The van der Waals surface area contributed by atoms with E-state index in [-0.39, 0.29) is 0 Å². The highest BCUT2D eigenvalue weighted by molar-refractivity contribution is 7.80. The summed E-state index contributed by atoms with van der Waals surface area (Å²) in [6, 6.07) is 4.86. The second-order valence-corrected chi connectivity index (χ2v) is 7.56. The molecule has 1 aromatic heterocycles. The van der Waals surface area contributed by atoms with Crippen molar-refractivity contribution in [3.63, 3.8) is 0 Å². The summed E-state index contributed by atoms with van der Waals surface area (Å²) < 4.78 is 5.60. The van der Waals surface area contributed by atoms with Gasteiger partial charge in [-0.1, -0.05) is 6.07 Å². The first-order valence-corrected chi connectivity index (χ1v) is 9.49. The van der Waals surface area contributed by atoms with Crippen molar-refractivity contribution < 1.29 is 4.74 Å². The van der Waals surface area contributed by atoms with Crippen molar-refractivity contribution in [1.29, 1.82) is 0 Å². The van der Waals surface area contributed by atoms with Crippen LogP contribution in [0.2, 0.25) is 0 Å². The Morgan fingerprint density at radius 2 is 2.23 bits per heavy atom. The summed E-state index contributed by atoms with van der Waals surface area (Å²) in [5, 5.41) is 9.70. The van der Waals surface area contributed by atoms with Gasteiger partial charge in [-0.15, -0.1) is 11.3 Å². The van der Waals surface area contributed by atoms with Gasteiger partial charge in [0.1, 0.15) is 0 Å². The number of rotatable bonds is 5. The first-order chi connectivity index (χ1) is 10.8. The van der Waals surface area contributed by atoms with Gasteiger partial charge in [-0.25, -0.2) is 0 Å². The first-order valence-electron chi connectivity index (χ1n) is 8.20. The quantitative estimate of drug-likeness (QED) is 0.806. The normalized spacial score (nSPS) is 23.5. The summed E-state index contributed by atoms with van der Waals surface area (Å²) in [7, 11) is 0. The van der Waals surface area contributed by atoms with E-state index in [1.807, 2.05) is 11.3 Å². The van der Waals surface area contributed by atoms with Gasteiger partial charge in [0.2, 0.25) is 0 Å². The van der Waals surface area contributed by atoms with E-state index in [1.54, 1.807) is 0 Å². The van der Waals surface area contributed by atoms with Crippen LogP contribution < -0.4 is 10.6 Å². The zero-order chi connectivity index (χ0) is 15.2. The second-order valence-electron chi connectivity index (χ2n) is 6.12. The van der Waals surface area contributed by atoms with Gasteiger partial charge < -0.3 is 15.4 Å². The van der Waals surface area contributed by atoms with E-state index in [9.17, 15) is 0 Å². The Hall–Kier alpha value is -0.690. The standard InChI is InChI=1S/C16H25N3OS2/c21-16(17-11-14-3-1-9-20-14)18-13-5-7-19(8-6-13)12-15-4-2-10-22-15/h2,4,10,13-14H,1,3,5-9,11-12H2,(H2,17,18,21). The highest BCUT2D eigenvalue weighted by Crippen LogP contribution is 2.17. The van der Waals surface area contributed by atoms with Crippen LogP contribution in [0.4, 0.5) is 0 Å². The zero-order valence-electron chi connectivity index (χ0n) is 12.9. The second kappa shape index (κ2) is 8.24. The SMILES string of the molecule is S=C(NCC1CCCO1)NC1CCN(Cc2cccs2)CC1. The van der Waals surface area contributed by atoms with Crippen LogP contribution in [0.3, 0.4) is 0 Å². The number of nitrogens with zero attached hydrogens (tertiary/aromatic N) is 1. The fourth-order valence-electron chi connectivity index (χ4n) is 3.11. The Morgan fingerprint density at radius 1 is 1.36 bits per heavy atom. The predicted molar refractivity (Wildman–Crippen MR) is 95.3 cm³/mol. The van der Waals surface area contributed by atoms with Crippen LogP contribution in [0.1, 0.15) is 30.6 Å². The van der Waals surface area contributed by atoms with Crippen LogP contribution >= 0.6 is 23.6 Å². The number of hydrogen-bond acceptors (Lipinski definition) is 4. The first kappa shape index (κ1) is 16.2. The van der Waals surface area contributed by atoms with E-state index < -0.39 is 0 Å². The molecule has 2 N–H and O–H groups in total. The number of thiophene rings is 1. The topological polar surface area (TPSA) is 36.5 Å². The molecule has 6 heteroatoms. The molecule has 2 saturated heterocycles. The van der Waals surface area contributed by atoms with Crippen molar-refractivity contribution in [3.05, 3.63) is 22.4 Å². The van der Waals surface area contributed by atoms with Crippen molar-refractivity contribution in [2.45, 2.75) is 44.4 Å². The van der Waals surface area contributed by atoms with Gasteiger partial charge in [0, 0.05) is 43.7 Å². The Morgan fingerprint density at radius 3 is 2.91 bits per heavy atom. The summed E-state index contributed by atoms with van der Waals surface area (Å²) in [6.45, 7) is 5.11. The number of hydrogen-bond donors (Lipinski definition) is 2. The molecule has 0 radical (unpaired) electrons. The van der Waals surface area contributed by atoms with Crippen LogP contribution in [0.5, 0.6) is 0 Å². The summed E-state index contributed by atoms with van der Waals surface area (Å²) in [6.07, 6.45) is 4.99. The third kappa shape index (κ3) is 4.91. The third-order valence-corrected chi connectivity index (χ3v) is 5.52. The lowest BCUT2D eigenvalue weighted by Gasteiger charge is -2.32. The van der Waals surface area contributed by atoms with E-state index in [4.69, 9.17) is 17.0 Å². The maximum absolute atomic E-state index is 5.60. The van der Waals surface area contributed by atoms with Gasteiger partial charge in [0.15, 0.2) is 5.11 Å². The van der Waals surface area contributed by atoms with Crippen LogP contribution in [0.25, 0.3) is 0 Å². The molecular weight excluding hydrogens is 314 g/mol. The van der Waals surface area contributed by atoms with Gasteiger partial charge in [0.25, 0.3) is 0 Å². The molecule has 1 atom stereocenters. The van der Waals surface area contributed by atoms with Crippen LogP contribution in [0.15, 0.2) is 17.5 Å². The van der Waals surface area contributed by atoms with E-state index in [2.05, 4.69) is 33.0 Å². The fraction of sp³-hybridized carbons (Fsp3) is 0.688. The molecule has 0 aromatic carbocycles. The molecule has 0 saturated carbocycles. The van der Waals surface area contributed by atoms with Crippen LogP contribution in [-0.2, 0) is 11.3 Å². The number of ether oxygens (including phenoxy) is 1. The van der Waals surface area contributed by atoms with Crippen LogP contribution in [0, 0.1) is 0 Å². The van der Waals surface area contributed by atoms with Crippen molar-refractivity contribution >= 4 is 28.7 Å². The predicted octanol–water partition coefficient (Wildman–Crippen LogP) is 2.36. The van der Waals surface area contributed by atoms with Gasteiger partial charge in [0.05, 0.1) is 6.10 Å². The maximum atomic E-state index is 5.60. The average molecular weight is 340 g/mol. The molecule has 3 rings (SSSR count). The molecular formula is C16H25N3OS2. The van der Waals surface area contributed by atoms with Gasteiger partial charge in [-0.2, -0.15) is 0 Å². The zero-order valence-corrected chi connectivity index (χ0v) is 14.6. The molecule has 2 fully saturated rings. The Labute approximate surface area is 142 Å². The summed E-state index contributed by atoms with van der Waals surface area (Å²) in [4.78, 5) is 3.99. The highest BCUT2D eigenvalue weighted by atomic mass is 32.1. The number of likely N-dealkylation sites (tertiary alicyclic amines) is 1. The molecule has 2 aliphatic heterocycles. The van der Waals surface area contributed by atoms with E-state index >= 15 is 0 Å². The molecule has 0 amide bonds. The number of thiocarbonyl (C=S) groups is 1. The summed E-state index contributed by atoms with van der Waals surface area (Å²) >= 11 is 7.25. The lowest BCUT2D eigenvalue weighted by molar-refractivity contribution is 0.114. The number of piperidine rings is 1. The van der Waals surface area contributed by atoms with Gasteiger partial charge in [-0.05, 0) is 49.3 Å². The largest absolute Gasteiger partial charge is 0.376 e.